The lowest BCUT2D eigenvalue weighted by Gasteiger charge is -2.30. The van der Waals surface area contributed by atoms with Crippen molar-refractivity contribution < 1.29 is 23.8 Å². The second-order valence-corrected chi connectivity index (χ2v) is 8.51. The lowest BCUT2D eigenvalue weighted by atomic mass is 9.91. The van der Waals surface area contributed by atoms with E-state index in [1.165, 1.54) is 32.4 Å². The second kappa shape index (κ2) is 9.72. The predicted octanol–water partition coefficient (Wildman–Crippen LogP) is 4.46. The molecule has 180 valence electrons. The van der Waals surface area contributed by atoms with E-state index in [2.05, 4.69) is 10.3 Å². The first-order valence-corrected chi connectivity index (χ1v) is 11.1. The summed E-state index contributed by atoms with van der Waals surface area (Å²) in [6.45, 7) is 3.82. The van der Waals surface area contributed by atoms with Gasteiger partial charge in [-0.2, -0.15) is 0 Å². The molecule has 0 saturated heterocycles. The summed E-state index contributed by atoms with van der Waals surface area (Å²) in [6, 6.07) is 8.22. The number of rotatable bonds is 6. The van der Waals surface area contributed by atoms with E-state index >= 15 is 0 Å². The average molecular weight is 475 g/mol. The van der Waals surface area contributed by atoms with Gasteiger partial charge in [-0.3, -0.25) is 9.78 Å². The molecule has 2 aliphatic rings. The monoisotopic (exact) mass is 474 g/mol. The van der Waals surface area contributed by atoms with Gasteiger partial charge in [-0.25, -0.2) is 4.39 Å². The minimum absolute atomic E-state index is 0.288. The number of fused-ring (bicyclic) bond motifs is 1. The zero-order chi connectivity index (χ0) is 25.2. The molecule has 0 saturated carbocycles. The zero-order valence-corrected chi connectivity index (χ0v) is 20.1. The number of ether oxygens (including phenoxy) is 2. The number of aliphatic hydroxyl groups is 1. The highest BCUT2D eigenvalue weighted by molar-refractivity contribution is 6.08. The number of benzene rings is 1. The third kappa shape index (κ3) is 4.81. The first kappa shape index (κ1) is 24.2. The van der Waals surface area contributed by atoms with Crippen LogP contribution in [-0.2, 0) is 20.8 Å². The maximum atomic E-state index is 14.2. The van der Waals surface area contributed by atoms with Crippen LogP contribution in [0.3, 0.4) is 0 Å². The maximum absolute atomic E-state index is 14.2. The van der Waals surface area contributed by atoms with Gasteiger partial charge in [0.1, 0.15) is 17.3 Å². The summed E-state index contributed by atoms with van der Waals surface area (Å²) in [5.74, 6) is 0.00146. The van der Waals surface area contributed by atoms with Crippen molar-refractivity contribution in [2.45, 2.75) is 26.0 Å². The molecule has 0 spiro atoms. The number of carbonyl (C=O) groups is 1. The van der Waals surface area contributed by atoms with E-state index < -0.39 is 5.60 Å². The van der Waals surface area contributed by atoms with Gasteiger partial charge in [0, 0.05) is 25.0 Å². The van der Waals surface area contributed by atoms with Crippen LogP contribution in [0.4, 0.5) is 4.39 Å². The van der Waals surface area contributed by atoms with Crippen LogP contribution in [0.25, 0.3) is 11.1 Å². The molecule has 4 rings (SSSR count). The molecule has 1 amide bonds. The Balaban J connectivity index is 1.73. The van der Waals surface area contributed by atoms with E-state index in [0.717, 1.165) is 27.8 Å². The van der Waals surface area contributed by atoms with Gasteiger partial charge in [0.15, 0.2) is 5.60 Å². The lowest BCUT2D eigenvalue weighted by molar-refractivity contribution is -0.116. The average Bonchev–Trinajstić information content (AvgIpc) is 3.09. The molecule has 0 unspecified atom stereocenters. The number of pyridine rings is 1. The van der Waals surface area contributed by atoms with Gasteiger partial charge in [0.25, 0.3) is 0 Å². The molecule has 2 N–H and O–H groups in total. The van der Waals surface area contributed by atoms with E-state index in [9.17, 15) is 14.3 Å². The predicted molar refractivity (Wildman–Crippen MR) is 132 cm³/mol. The first-order valence-electron chi connectivity index (χ1n) is 11.1. The molecule has 0 aliphatic heterocycles. The molecular weight excluding hydrogens is 447 g/mol. The Bertz CT molecular complexity index is 1290. The van der Waals surface area contributed by atoms with Crippen molar-refractivity contribution >= 4 is 17.1 Å². The number of allylic oxidation sites excluding steroid dienone is 7. The summed E-state index contributed by atoms with van der Waals surface area (Å²) < 4.78 is 25.0. The SMILES string of the molecule is COC1=CC(=CC2=C(C)C(=CC(=O)NCc3cccnc3)c3cc(F)ccc32)C=C(OC)C1(C)O. The van der Waals surface area contributed by atoms with Crippen molar-refractivity contribution in [3.8, 4) is 0 Å². The van der Waals surface area contributed by atoms with Gasteiger partial charge in [-0.15, -0.1) is 0 Å². The van der Waals surface area contributed by atoms with Gasteiger partial charge in [-0.1, -0.05) is 12.1 Å². The zero-order valence-electron chi connectivity index (χ0n) is 20.1. The van der Waals surface area contributed by atoms with E-state index in [4.69, 9.17) is 9.47 Å². The normalized spacial score (nSPS) is 20.3. The van der Waals surface area contributed by atoms with Crippen LogP contribution in [0.1, 0.15) is 30.5 Å². The van der Waals surface area contributed by atoms with Crippen LogP contribution < -0.4 is 5.32 Å². The number of aromatic nitrogens is 1. The van der Waals surface area contributed by atoms with Crippen molar-refractivity contribution in [2.75, 3.05) is 14.2 Å². The molecule has 2 aliphatic carbocycles. The van der Waals surface area contributed by atoms with Gasteiger partial charge >= 0.3 is 0 Å². The number of carbonyl (C=O) groups excluding carboxylic acids is 1. The number of amides is 1. The smallest absolute Gasteiger partial charge is 0.244 e. The number of nitrogens with zero attached hydrogens (tertiary/aromatic N) is 1. The quantitative estimate of drug-likeness (QED) is 0.605. The maximum Gasteiger partial charge on any atom is 0.244 e. The van der Waals surface area contributed by atoms with E-state index in [-0.39, 0.29) is 11.7 Å². The van der Waals surface area contributed by atoms with Gasteiger partial charge in [0.05, 0.1) is 14.2 Å². The van der Waals surface area contributed by atoms with Crippen molar-refractivity contribution in [3.05, 3.63) is 112 Å². The fourth-order valence-corrected chi connectivity index (χ4v) is 4.28. The molecule has 0 bridgehead atoms. The third-order valence-corrected chi connectivity index (χ3v) is 6.14. The van der Waals surface area contributed by atoms with Gasteiger partial charge in [0.2, 0.25) is 5.91 Å². The molecule has 2 aromatic rings. The fraction of sp³-hybridized carbons (Fsp3) is 0.214. The number of methoxy groups -OCH3 is 2. The molecule has 6 nitrogen and oxygen atoms in total. The van der Waals surface area contributed by atoms with Crippen LogP contribution in [0.5, 0.6) is 0 Å². The number of hydrogen-bond donors (Lipinski definition) is 2. The number of halogens is 1. The topological polar surface area (TPSA) is 80.7 Å². The van der Waals surface area contributed by atoms with Crippen LogP contribution in [0, 0.1) is 5.82 Å². The molecule has 1 aromatic carbocycles. The fourth-order valence-electron chi connectivity index (χ4n) is 4.28. The number of hydrogen-bond acceptors (Lipinski definition) is 5. The Kier molecular flexibility index (Phi) is 6.71. The highest BCUT2D eigenvalue weighted by Gasteiger charge is 2.36. The molecule has 0 atom stereocenters. The summed E-state index contributed by atoms with van der Waals surface area (Å²) in [7, 11) is 2.97. The molecular formula is C28H27FN2O4. The van der Waals surface area contributed by atoms with Crippen LogP contribution >= 0.6 is 0 Å². The Hall–Kier alpha value is -3.97. The molecule has 7 heteroatoms. The van der Waals surface area contributed by atoms with Crippen molar-refractivity contribution in [1.29, 1.82) is 0 Å². The summed E-state index contributed by atoms with van der Waals surface area (Å²) in [6.07, 6.45) is 10.2. The van der Waals surface area contributed by atoms with Gasteiger partial charge < -0.3 is 19.9 Å². The molecule has 1 heterocycles. The number of nitrogens with one attached hydrogen (secondary N) is 1. The minimum Gasteiger partial charge on any atom is -0.498 e. The third-order valence-electron chi connectivity index (χ3n) is 6.14. The standard InChI is InChI=1S/C28H27FN2O4/c1-17-22(10-19-11-25(34-3)28(2,33)26(12-19)35-4)21-8-7-20(29)13-24(21)23(17)14-27(32)31-16-18-6-5-9-30-15-18/h5-15,33H,16H2,1-4H3,(H,31,32). The van der Waals surface area contributed by atoms with Crippen molar-refractivity contribution in [1.82, 2.24) is 10.3 Å². The van der Waals surface area contributed by atoms with Crippen molar-refractivity contribution in [2.24, 2.45) is 0 Å². The molecule has 0 radical (unpaired) electrons. The second-order valence-electron chi connectivity index (χ2n) is 8.51. The Labute approximate surface area is 203 Å². The van der Waals surface area contributed by atoms with E-state index in [0.29, 0.717) is 29.2 Å². The minimum atomic E-state index is -1.39. The molecule has 35 heavy (non-hydrogen) atoms. The van der Waals surface area contributed by atoms with Gasteiger partial charge in [-0.05, 0) is 89.3 Å². The largest absolute Gasteiger partial charge is 0.498 e. The summed E-state index contributed by atoms with van der Waals surface area (Å²) >= 11 is 0. The molecule has 0 fully saturated rings. The summed E-state index contributed by atoms with van der Waals surface area (Å²) in [4.78, 5) is 16.8. The Morgan fingerprint density at radius 1 is 1.17 bits per heavy atom. The highest BCUT2D eigenvalue weighted by Crippen LogP contribution is 2.43. The lowest BCUT2D eigenvalue weighted by Crippen LogP contribution is -2.33. The highest BCUT2D eigenvalue weighted by atomic mass is 19.1. The molecule has 1 aromatic heterocycles. The van der Waals surface area contributed by atoms with E-state index in [1.807, 2.05) is 19.1 Å². The van der Waals surface area contributed by atoms with E-state index in [1.54, 1.807) is 43.6 Å². The van der Waals surface area contributed by atoms with Crippen LogP contribution in [0.15, 0.2) is 89.7 Å². The summed E-state index contributed by atoms with van der Waals surface area (Å²) in [5, 5.41) is 13.6. The first-order chi connectivity index (χ1) is 16.7. The summed E-state index contributed by atoms with van der Waals surface area (Å²) in [5.41, 5.74) is 3.97. The van der Waals surface area contributed by atoms with Crippen molar-refractivity contribution in [3.63, 3.8) is 0 Å². The van der Waals surface area contributed by atoms with Crippen LogP contribution in [0.2, 0.25) is 0 Å². The Morgan fingerprint density at radius 3 is 2.51 bits per heavy atom. The Morgan fingerprint density at radius 2 is 1.89 bits per heavy atom. The van der Waals surface area contributed by atoms with Crippen LogP contribution in [-0.4, -0.2) is 35.8 Å².